The molecule has 0 saturated carbocycles. The molecule has 0 aliphatic rings. The van der Waals surface area contributed by atoms with Crippen LogP contribution in [0.4, 0.5) is 8.78 Å². The van der Waals surface area contributed by atoms with Gasteiger partial charge in [-0.05, 0) is 24.0 Å². The maximum Gasteiger partial charge on any atom is 0.383 e. The summed E-state index contributed by atoms with van der Waals surface area (Å²) in [5, 5.41) is 0. The predicted molar refractivity (Wildman–Crippen MR) is 94.1 cm³/mol. The summed E-state index contributed by atoms with van der Waals surface area (Å²) in [5.74, 6) is 0. The molecule has 0 aromatic heterocycles. The molecule has 24 heavy (non-hydrogen) atoms. The first-order valence-electron chi connectivity index (χ1n) is 8.76. The lowest BCUT2D eigenvalue weighted by Crippen LogP contribution is -2.22. The lowest BCUT2D eigenvalue weighted by Gasteiger charge is -2.25. The topological polar surface area (TPSA) is 9.23 Å². The Balaban J connectivity index is 2.16. The number of hydrogen-bond acceptors (Lipinski definition) is 1. The van der Waals surface area contributed by atoms with Crippen LogP contribution in [0.25, 0.3) is 0 Å². The lowest BCUT2D eigenvalue weighted by atomic mass is 10.0. The van der Waals surface area contributed by atoms with Crippen LogP contribution < -0.4 is 0 Å². The minimum atomic E-state index is -3.29. The van der Waals surface area contributed by atoms with E-state index in [1.165, 1.54) is 12.1 Å². The molecule has 0 radical (unpaired) electrons. The number of alkyl halides is 2. The van der Waals surface area contributed by atoms with Crippen molar-refractivity contribution in [3.05, 3.63) is 71.3 Å². The summed E-state index contributed by atoms with van der Waals surface area (Å²) < 4.78 is 34.5. The fourth-order valence-corrected chi connectivity index (χ4v) is 2.75. The van der Waals surface area contributed by atoms with Gasteiger partial charge in [0.2, 0.25) is 0 Å². The van der Waals surface area contributed by atoms with E-state index in [1.807, 2.05) is 37.3 Å². The second-order valence-corrected chi connectivity index (χ2v) is 6.12. The van der Waals surface area contributed by atoms with Crippen molar-refractivity contribution in [1.29, 1.82) is 0 Å². The maximum atomic E-state index is 14.6. The summed E-state index contributed by atoms with van der Waals surface area (Å²) in [6.45, 7) is 4.12. The van der Waals surface area contributed by atoms with Crippen molar-refractivity contribution in [1.82, 2.24) is 0 Å². The van der Waals surface area contributed by atoms with Gasteiger partial charge < -0.3 is 4.74 Å². The molecule has 0 amide bonds. The van der Waals surface area contributed by atoms with Gasteiger partial charge in [0.25, 0.3) is 0 Å². The Morgan fingerprint density at radius 3 is 2.17 bits per heavy atom. The minimum absolute atomic E-state index is 0.0835. The molecule has 2 rings (SSSR count). The second-order valence-electron chi connectivity index (χ2n) is 6.12. The monoisotopic (exact) mass is 332 g/mol. The Labute approximate surface area is 143 Å². The molecule has 0 aliphatic heterocycles. The van der Waals surface area contributed by atoms with Crippen molar-refractivity contribution < 1.29 is 13.5 Å². The van der Waals surface area contributed by atoms with Gasteiger partial charge in [-0.1, -0.05) is 87.7 Å². The Hall–Kier alpha value is -1.74. The fraction of sp³-hybridized carbons (Fsp3) is 0.429. The third kappa shape index (κ3) is 5.13. The van der Waals surface area contributed by atoms with Crippen LogP contribution in [0.3, 0.4) is 0 Å². The summed E-state index contributed by atoms with van der Waals surface area (Å²) in [6.07, 6.45) is 0.393. The van der Waals surface area contributed by atoms with Crippen LogP contribution in [0.5, 0.6) is 0 Å². The van der Waals surface area contributed by atoms with Gasteiger partial charge in [0, 0.05) is 0 Å². The molecule has 0 heterocycles. The van der Waals surface area contributed by atoms with E-state index in [4.69, 9.17) is 4.74 Å². The first-order chi connectivity index (χ1) is 11.6. The lowest BCUT2D eigenvalue weighted by molar-refractivity contribution is -0.276. The van der Waals surface area contributed by atoms with Crippen molar-refractivity contribution in [2.75, 3.05) is 0 Å². The quantitative estimate of drug-likeness (QED) is 0.500. The van der Waals surface area contributed by atoms with Gasteiger partial charge in [-0.3, -0.25) is 0 Å². The van der Waals surface area contributed by atoms with Crippen molar-refractivity contribution in [2.45, 2.75) is 58.2 Å². The van der Waals surface area contributed by atoms with Crippen molar-refractivity contribution in [2.24, 2.45) is 0 Å². The van der Waals surface area contributed by atoms with E-state index in [1.54, 1.807) is 12.1 Å². The van der Waals surface area contributed by atoms with E-state index < -0.39 is 12.2 Å². The molecule has 0 N–H and O–H groups in total. The molecular weight excluding hydrogens is 306 g/mol. The summed E-state index contributed by atoms with van der Waals surface area (Å²) in [4.78, 5) is 0. The van der Waals surface area contributed by atoms with Gasteiger partial charge in [-0.2, -0.15) is 8.78 Å². The normalized spacial score (nSPS) is 13.0. The zero-order valence-electron chi connectivity index (χ0n) is 14.5. The Morgan fingerprint density at radius 2 is 1.58 bits per heavy atom. The zero-order valence-corrected chi connectivity index (χ0v) is 14.5. The third-order valence-corrected chi connectivity index (χ3v) is 4.11. The SMILES string of the molecule is CCCCC(OC(F)(F)c1ccc(CCC)cc1)c1ccccc1. The van der Waals surface area contributed by atoms with E-state index >= 15 is 0 Å². The van der Waals surface area contributed by atoms with Crippen LogP contribution in [0, 0.1) is 0 Å². The predicted octanol–water partition coefficient (Wildman–Crippen LogP) is 6.64. The summed E-state index contributed by atoms with van der Waals surface area (Å²) >= 11 is 0. The van der Waals surface area contributed by atoms with Crippen molar-refractivity contribution >= 4 is 0 Å². The van der Waals surface area contributed by atoms with Gasteiger partial charge in [-0.15, -0.1) is 0 Å². The first kappa shape index (κ1) is 18.6. The molecule has 2 aromatic carbocycles. The van der Waals surface area contributed by atoms with Crippen LogP contribution in [-0.4, -0.2) is 0 Å². The van der Waals surface area contributed by atoms with Gasteiger partial charge in [0.15, 0.2) is 0 Å². The molecule has 0 saturated heterocycles. The number of benzene rings is 2. The van der Waals surface area contributed by atoms with E-state index in [0.29, 0.717) is 6.42 Å². The average molecular weight is 332 g/mol. The van der Waals surface area contributed by atoms with E-state index in [0.717, 1.165) is 36.8 Å². The van der Waals surface area contributed by atoms with Crippen molar-refractivity contribution in [3.63, 3.8) is 0 Å². The Kier molecular flexibility index (Phi) is 6.92. The molecule has 1 unspecified atom stereocenters. The maximum absolute atomic E-state index is 14.6. The van der Waals surface area contributed by atoms with Gasteiger partial charge in [0.1, 0.15) is 0 Å². The van der Waals surface area contributed by atoms with Crippen LogP contribution in [0.15, 0.2) is 54.6 Å². The molecule has 0 aliphatic carbocycles. The van der Waals surface area contributed by atoms with Gasteiger partial charge >= 0.3 is 6.11 Å². The van der Waals surface area contributed by atoms with Crippen LogP contribution in [0.1, 0.15) is 62.3 Å². The van der Waals surface area contributed by atoms with Gasteiger partial charge in [-0.25, -0.2) is 0 Å². The summed E-state index contributed by atoms with van der Waals surface area (Å²) in [5.41, 5.74) is 1.79. The van der Waals surface area contributed by atoms with Crippen LogP contribution in [0.2, 0.25) is 0 Å². The Bertz CT molecular complexity index is 593. The number of aryl methyl sites for hydroxylation is 1. The molecule has 0 spiro atoms. The van der Waals surface area contributed by atoms with Crippen LogP contribution in [-0.2, 0) is 17.3 Å². The standard InChI is InChI=1S/C21H26F2O/c1-3-5-12-20(18-10-7-6-8-11-18)24-21(22,23)19-15-13-17(9-4-2)14-16-19/h6-8,10-11,13-16,20H,3-5,9,12H2,1-2H3. The third-order valence-electron chi connectivity index (χ3n) is 4.11. The highest BCUT2D eigenvalue weighted by Crippen LogP contribution is 2.37. The van der Waals surface area contributed by atoms with Gasteiger partial charge in [0.05, 0.1) is 11.7 Å². The highest BCUT2D eigenvalue weighted by atomic mass is 19.3. The largest absolute Gasteiger partial charge is 0.383 e. The van der Waals surface area contributed by atoms with E-state index in [9.17, 15) is 8.78 Å². The highest BCUT2D eigenvalue weighted by Gasteiger charge is 2.36. The van der Waals surface area contributed by atoms with E-state index in [2.05, 4.69) is 6.92 Å². The molecule has 0 fully saturated rings. The number of halogens is 2. The molecule has 2 aromatic rings. The molecule has 130 valence electrons. The molecule has 0 bridgehead atoms. The average Bonchev–Trinajstić information content (AvgIpc) is 2.60. The Morgan fingerprint density at radius 1 is 0.917 bits per heavy atom. The minimum Gasteiger partial charge on any atom is -0.308 e. The number of ether oxygens (including phenoxy) is 1. The highest BCUT2D eigenvalue weighted by molar-refractivity contribution is 5.25. The molecule has 3 heteroatoms. The summed E-state index contributed by atoms with van der Waals surface area (Å²) in [6, 6.07) is 15.8. The molecule has 1 nitrogen and oxygen atoms in total. The number of rotatable bonds is 9. The number of hydrogen-bond donors (Lipinski definition) is 0. The summed E-state index contributed by atoms with van der Waals surface area (Å²) in [7, 11) is 0. The smallest absolute Gasteiger partial charge is 0.308 e. The van der Waals surface area contributed by atoms with Crippen molar-refractivity contribution in [3.8, 4) is 0 Å². The second kappa shape index (κ2) is 8.93. The molecular formula is C21H26F2O. The zero-order chi connectivity index (χ0) is 17.4. The van der Waals surface area contributed by atoms with E-state index in [-0.39, 0.29) is 5.56 Å². The van der Waals surface area contributed by atoms with Crippen LogP contribution >= 0.6 is 0 Å². The first-order valence-corrected chi connectivity index (χ1v) is 8.76. The molecule has 1 atom stereocenters. The fourth-order valence-electron chi connectivity index (χ4n) is 2.75. The number of unbranched alkanes of at least 4 members (excludes halogenated alkanes) is 1.